The van der Waals surface area contributed by atoms with Crippen molar-refractivity contribution in [3.05, 3.63) is 34.1 Å². The molecule has 0 spiro atoms. The lowest BCUT2D eigenvalue weighted by molar-refractivity contribution is 0.0922. The summed E-state index contributed by atoms with van der Waals surface area (Å²) in [4.78, 5) is 12.1. The van der Waals surface area contributed by atoms with E-state index in [4.69, 9.17) is 11.6 Å². The average Bonchev–Trinajstić information content (AvgIpc) is 2.42. The van der Waals surface area contributed by atoms with E-state index >= 15 is 0 Å². The summed E-state index contributed by atoms with van der Waals surface area (Å²) in [5.41, 5.74) is 0.347. The van der Waals surface area contributed by atoms with Crippen molar-refractivity contribution in [2.24, 2.45) is 5.92 Å². The number of nitrogens with one attached hydrogen (secondary N) is 1. The Kier molecular flexibility index (Phi) is 5.22. The van der Waals surface area contributed by atoms with Crippen molar-refractivity contribution in [2.45, 2.75) is 31.7 Å². The van der Waals surface area contributed by atoms with Gasteiger partial charge in [0.1, 0.15) is 5.82 Å². The summed E-state index contributed by atoms with van der Waals surface area (Å²) in [6.07, 6.45) is 3.96. The van der Waals surface area contributed by atoms with Crippen molar-refractivity contribution < 1.29 is 9.18 Å². The molecule has 2 rings (SSSR count). The minimum Gasteiger partial charge on any atom is -0.349 e. The Bertz CT molecular complexity index is 461. The van der Waals surface area contributed by atoms with E-state index in [0.717, 1.165) is 25.7 Å². The van der Waals surface area contributed by atoms with Gasteiger partial charge in [-0.25, -0.2) is 4.39 Å². The maximum absolute atomic E-state index is 13.4. The summed E-state index contributed by atoms with van der Waals surface area (Å²) in [7, 11) is 0. The van der Waals surface area contributed by atoms with Gasteiger partial charge in [-0.1, -0.05) is 6.07 Å². The average molecular weight is 349 g/mol. The predicted octanol–water partition coefficient (Wildman–Crippen LogP) is 4.12. The third-order valence-corrected chi connectivity index (χ3v) is 4.84. The summed E-state index contributed by atoms with van der Waals surface area (Å²) in [6, 6.07) is 4.65. The molecule has 0 saturated heterocycles. The molecule has 0 bridgehead atoms. The van der Waals surface area contributed by atoms with E-state index in [0.29, 0.717) is 17.4 Å². The van der Waals surface area contributed by atoms with Gasteiger partial charge in [0.05, 0.1) is 10.0 Å². The van der Waals surface area contributed by atoms with Gasteiger partial charge in [-0.2, -0.15) is 0 Å². The van der Waals surface area contributed by atoms with E-state index in [2.05, 4.69) is 21.2 Å². The van der Waals surface area contributed by atoms with Crippen molar-refractivity contribution in [3.8, 4) is 0 Å². The van der Waals surface area contributed by atoms with Gasteiger partial charge in [0, 0.05) is 11.9 Å². The zero-order chi connectivity index (χ0) is 13.8. The second-order valence-corrected chi connectivity index (χ2v) is 6.05. The monoisotopic (exact) mass is 347 g/mol. The first-order valence-corrected chi connectivity index (χ1v) is 7.75. The van der Waals surface area contributed by atoms with Gasteiger partial charge in [0.2, 0.25) is 0 Å². The first-order chi connectivity index (χ1) is 9.11. The highest BCUT2D eigenvalue weighted by Crippen LogP contribution is 2.26. The molecule has 2 nitrogen and oxygen atoms in total. The van der Waals surface area contributed by atoms with E-state index in [9.17, 15) is 9.18 Å². The van der Waals surface area contributed by atoms with Crippen LogP contribution >= 0.6 is 27.5 Å². The first-order valence-electron chi connectivity index (χ1n) is 6.42. The van der Waals surface area contributed by atoms with Gasteiger partial charge >= 0.3 is 0 Å². The molecule has 0 aliphatic heterocycles. The zero-order valence-electron chi connectivity index (χ0n) is 10.5. The molecule has 1 aromatic carbocycles. The van der Waals surface area contributed by atoms with Crippen LogP contribution in [0.15, 0.2) is 22.7 Å². The molecule has 1 aliphatic carbocycles. The lowest BCUT2D eigenvalue weighted by Crippen LogP contribution is -2.38. The van der Waals surface area contributed by atoms with Gasteiger partial charge in [-0.15, -0.1) is 11.6 Å². The van der Waals surface area contributed by atoms with Crippen molar-refractivity contribution in [2.75, 3.05) is 5.88 Å². The first kappa shape index (κ1) is 14.8. The number of halogens is 3. The molecule has 0 heterocycles. The van der Waals surface area contributed by atoms with Gasteiger partial charge in [0.25, 0.3) is 5.91 Å². The Balaban J connectivity index is 1.96. The van der Waals surface area contributed by atoms with E-state index in [1.807, 2.05) is 0 Å². The fraction of sp³-hybridized carbons (Fsp3) is 0.500. The summed E-state index contributed by atoms with van der Waals surface area (Å²) >= 11 is 8.95. The Labute approximate surface area is 125 Å². The minimum absolute atomic E-state index is 0.169. The van der Waals surface area contributed by atoms with Crippen LogP contribution in [0.3, 0.4) is 0 Å². The lowest BCUT2D eigenvalue weighted by Gasteiger charge is -2.28. The molecule has 1 saturated carbocycles. The van der Waals surface area contributed by atoms with E-state index < -0.39 is 5.82 Å². The Morgan fingerprint density at radius 1 is 1.37 bits per heavy atom. The van der Waals surface area contributed by atoms with Crippen LogP contribution in [0.2, 0.25) is 0 Å². The van der Waals surface area contributed by atoms with Crippen LogP contribution in [-0.2, 0) is 0 Å². The number of benzene rings is 1. The molecule has 104 valence electrons. The van der Waals surface area contributed by atoms with Crippen LogP contribution in [0.5, 0.6) is 0 Å². The standard InChI is InChI=1S/C14H16BrClFNO/c15-13-11(2-1-3-12(13)17)14(19)18-10-6-4-9(8-16)5-7-10/h1-3,9-10H,4-8H2,(H,18,19). The molecule has 0 atom stereocenters. The Hall–Kier alpha value is -0.610. The van der Waals surface area contributed by atoms with Crippen LogP contribution in [-0.4, -0.2) is 17.8 Å². The van der Waals surface area contributed by atoms with E-state index in [1.165, 1.54) is 6.07 Å². The molecule has 1 amide bonds. The summed E-state index contributed by atoms with van der Waals surface area (Å²) in [5, 5.41) is 2.97. The molecule has 0 unspecified atom stereocenters. The van der Waals surface area contributed by atoms with Crippen molar-refractivity contribution in [1.29, 1.82) is 0 Å². The Morgan fingerprint density at radius 3 is 2.68 bits per heavy atom. The third kappa shape index (κ3) is 3.69. The van der Waals surface area contributed by atoms with Crippen molar-refractivity contribution in [1.82, 2.24) is 5.32 Å². The number of hydrogen-bond donors (Lipinski definition) is 1. The molecule has 19 heavy (non-hydrogen) atoms. The number of carbonyl (C=O) groups excluding carboxylic acids is 1. The quantitative estimate of drug-likeness (QED) is 0.818. The zero-order valence-corrected chi connectivity index (χ0v) is 12.8. The molecule has 1 aliphatic rings. The lowest BCUT2D eigenvalue weighted by atomic mass is 9.87. The molecule has 1 aromatic rings. The number of amides is 1. The van der Waals surface area contributed by atoms with E-state index in [1.54, 1.807) is 12.1 Å². The largest absolute Gasteiger partial charge is 0.349 e. The topological polar surface area (TPSA) is 29.1 Å². The molecule has 0 aromatic heterocycles. The van der Waals surface area contributed by atoms with Crippen LogP contribution in [0.1, 0.15) is 36.0 Å². The molecule has 0 radical (unpaired) electrons. The number of alkyl halides is 1. The fourth-order valence-corrected chi connectivity index (χ4v) is 3.16. The molecule has 1 N–H and O–H groups in total. The molecular weight excluding hydrogens is 333 g/mol. The second kappa shape index (κ2) is 6.71. The number of carbonyl (C=O) groups is 1. The summed E-state index contributed by atoms with van der Waals surface area (Å²) < 4.78 is 13.6. The minimum atomic E-state index is -0.418. The molecular formula is C14H16BrClFNO. The van der Waals surface area contributed by atoms with Gasteiger partial charge in [-0.05, 0) is 59.7 Å². The molecule has 1 fully saturated rings. The maximum atomic E-state index is 13.4. The summed E-state index contributed by atoms with van der Waals surface area (Å²) in [6.45, 7) is 0. The number of rotatable bonds is 3. The number of hydrogen-bond acceptors (Lipinski definition) is 1. The highest BCUT2D eigenvalue weighted by molar-refractivity contribution is 9.10. The summed E-state index contributed by atoms with van der Waals surface area (Å²) in [5.74, 6) is 0.616. The van der Waals surface area contributed by atoms with Crippen LogP contribution in [0, 0.1) is 11.7 Å². The van der Waals surface area contributed by atoms with E-state index in [-0.39, 0.29) is 16.4 Å². The maximum Gasteiger partial charge on any atom is 0.252 e. The fourth-order valence-electron chi connectivity index (χ4n) is 2.40. The predicted molar refractivity (Wildman–Crippen MR) is 78.0 cm³/mol. The van der Waals surface area contributed by atoms with Gasteiger partial charge < -0.3 is 5.32 Å². The van der Waals surface area contributed by atoms with Gasteiger partial charge in [-0.3, -0.25) is 4.79 Å². The Morgan fingerprint density at radius 2 is 2.05 bits per heavy atom. The van der Waals surface area contributed by atoms with Crippen LogP contribution in [0.4, 0.5) is 4.39 Å². The molecule has 5 heteroatoms. The van der Waals surface area contributed by atoms with Crippen LogP contribution < -0.4 is 5.32 Å². The third-order valence-electron chi connectivity index (χ3n) is 3.60. The second-order valence-electron chi connectivity index (χ2n) is 4.95. The van der Waals surface area contributed by atoms with Gasteiger partial charge in [0.15, 0.2) is 0 Å². The van der Waals surface area contributed by atoms with Crippen LogP contribution in [0.25, 0.3) is 0 Å². The highest BCUT2D eigenvalue weighted by atomic mass is 79.9. The highest BCUT2D eigenvalue weighted by Gasteiger charge is 2.23. The van der Waals surface area contributed by atoms with Crippen molar-refractivity contribution in [3.63, 3.8) is 0 Å². The normalized spacial score (nSPS) is 23.1. The van der Waals surface area contributed by atoms with Crippen molar-refractivity contribution >= 4 is 33.4 Å². The SMILES string of the molecule is O=C(NC1CCC(CCl)CC1)c1cccc(F)c1Br. The smallest absolute Gasteiger partial charge is 0.252 e.